The summed E-state index contributed by atoms with van der Waals surface area (Å²) in [4.78, 5) is 0. The Balaban J connectivity index is 2.48. The molecule has 0 aromatic heterocycles. The van der Waals surface area contributed by atoms with Crippen LogP contribution in [0.15, 0.2) is 45.3 Å². The van der Waals surface area contributed by atoms with E-state index in [1.807, 2.05) is 0 Å². The SMILES string of the molecule is OC(c1ccc(F)c(Br)c1)c1c(F)cccc1Br. The highest BCUT2D eigenvalue weighted by atomic mass is 79.9. The Bertz CT molecular complexity index is 567. The van der Waals surface area contributed by atoms with E-state index in [0.29, 0.717) is 10.0 Å². The Morgan fingerprint density at radius 1 is 0.944 bits per heavy atom. The van der Waals surface area contributed by atoms with Crippen molar-refractivity contribution in [1.82, 2.24) is 0 Å². The maximum absolute atomic E-state index is 13.7. The van der Waals surface area contributed by atoms with Crippen molar-refractivity contribution in [2.24, 2.45) is 0 Å². The van der Waals surface area contributed by atoms with Crippen LogP contribution in [0, 0.1) is 11.6 Å². The van der Waals surface area contributed by atoms with E-state index >= 15 is 0 Å². The maximum atomic E-state index is 13.7. The second-order valence-corrected chi connectivity index (χ2v) is 5.42. The zero-order valence-electron chi connectivity index (χ0n) is 9.00. The Hall–Kier alpha value is -0.780. The largest absolute Gasteiger partial charge is 0.384 e. The first-order valence-corrected chi connectivity index (χ1v) is 6.66. The molecule has 1 N–H and O–H groups in total. The van der Waals surface area contributed by atoms with E-state index in [9.17, 15) is 13.9 Å². The molecule has 1 unspecified atom stereocenters. The van der Waals surface area contributed by atoms with Gasteiger partial charge in [-0.3, -0.25) is 0 Å². The Morgan fingerprint density at radius 2 is 1.67 bits per heavy atom. The zero-order chi connectivity index (χ0) is 13.3. The molecule has 18 heavy (non-hydrogen) atoms. The molecule has 0 spiro atoms. The van der Waals surface area contributed by atoms with Crippen LogP contribution in [0.1, 0.15) is 17.2 Å². The lowest BCUT2D eigenvalue weighted by molar-refractivity contribution is 0.214. The van der Waals surface area contributed by atoms with Gasteiger partial charge in [0.15, 0.2) is 0 Å². The van der Waals surface area contributed by atoms with E-state index in [1.165, 1.54) is 30.3 Å². The summed E-state index contributed by atoms with van der Waals surface area (Å²) in [6, 6.07) is 8.51. The van der Waals surface area contributed by atoms with Crippen LogP contribution in [-0.2, 0) is 0 Å². The maximum Gasteiger partial charge on any atom is 0.137 e. The molecular formula is C13H8Br2F2O. The third-order valence-electron chi connectivity index (χ3n) is 2.53. The van der Waals surface area contributed by atoms with E-state index in [0.717, 1.165) is 0 Å². The fraction of sp³-hybridized carbons (Fsp3) is 0.0769. The van der Waals surface area contributed by atoms with E-state index in [-0.39, 0.29) is 10.0 Å². The molecule has 0 radical (unpaired) electrons. The van der Waals surface area contributed by atoms with E-state index in [1.54, 1.807) is 6.07 Å². The average Bonchev–Trinajstić information content (AvgIpc) is 2.32. The molecule has 2 aromatic rings. The third-order valence-corrected chi connectivity index (χ3v) is 3.83. The molecule has 0 amide bonds. The van der Waals surface area contributed by atoms with Crippen LogP contribution in [0.4, 0.5) is 8.78 Å². The minimum absolute atomic E-state index is 0.135. The van der Waals surface area contributed by atoms with Crippen molar-refractivity contribution in [3.05, 3.63) is 68.1 Å². The molecule has 0 saturated carbocycles. The van der Waals surface area contributed by atoms with Crippen LogP contribution >= 0.6 is 31.9 Å². The number of hydrogen-bond donors (Lipinski definition) is 1. The van der Waals surface area contributed by atoms with Crippen LogP contribution < -0.4 is 0 Å². The zero-order valence-corrected chi connectivity index (χ0v) is 12.2. The number of benzene rings is 2. The molecule has 0 aliphatic carbocycles. The molecule has 1 atom stereocenters. The molecule has 0 bridgehead atoms. The second kappa shape index (κ2) is 5.47. The Kier molecular flexibility index (Phi) is 4.14. The number of aliphatic hydroxyl groups is 1. The van der Waals surface area contributed by atoms with E-state index in [2.05, 4.69) is 31.9 Å². The highest BCUT2D eigenvalue weighted by Gasteiger charge is 2.18. The average molecular weight is 378 g/mol. The molecule has 94 valence electrons. The van der Waals surface area contributed by atoms with Crippen LogP contribution in [0.3, 0.4) is 0 Å². The summed E-state index contributed by atoms with van der Waals surface area (Å²) in [5.41, 5.74) is 0.546. The topological polar surface area (TPSA) is 20.2 Å². The molecule has 2 aromatic carbocycles. The molecule has 5 heteroatoms. The van der Waals surface area contributed by atoms with Crippen LogP contribution in [0.25, 0.3) is 0 Å². The minimum Gasteiger partial charge on any atom is -0.384 e. The van der Waals surface area contributed by atoms with Gasteiger partial charge in [-0.2, -0.15) is 0 Å². The number of aliphatic hydroxyl groups excluding tert-OH is 1. The lowest BCUT2D eigenvalue weighted by atomic mass is 10.0. The summed E-state index contributed by atoms with van der Waals surface area (Å²) in [5.74, 6) is -0.948. The van der Waals surface area contributed by atoms with Gasteiger partial charge in [-0.1, -0.05) is 28.1 Å². The van der Waals surface area contributed by atoms with Gasteiger partial charge in [0, 0.05) is 10.0 Å². The van der Waals surface area contributed by atoms with Crippen molar-refractivity contribution in [3.8, 4) is 0 Å². The molecule has 2 rings (SSSR count). The van der Waals surface area contributed by atoms with Gasteiger partial charge in [0.2, 0.25) is 0 Å². The van der Waals surface area contributed by atoms with Gasteiger partial charge in [-0.05, 0) is 45.8 Å². The predicted octanol–water partition coefficient (Wildman–Crippen LogP) is 4.57. The normalized spacial score (nSPS) is 12.5. The molecule has 1 nitrogen and oxygen atoms in total. The van der Waals surface area contributed by atoms with Gasteiger partial charge >= 0.3 is 0 Å². The summed E-state index contributed by atoms with van der Waals surface area (Å²) < 4.78 is 27.5. The highest BCUT2D eigenvalue weighted by Crippen LogP contribution is 2.32. The van der Waals surface area contributed by atoms with Gasteiger partial charge in [-0.15, -0.1) is 0 Å². The Labute approximate surface area is 120 Å². The van der Waals surface area contributed by atoms with Gasteiger partial charge in [0.05, 0.1) is 4.47 Å². The fourth-order valence-corrected chi connectivity index (χ4v) is 2.58. The molecule has 0 fully saturated rings. The highest BCUT2D eigenvalue weighted by molar-refractivity contribution is 9.10. The van der Waals surface area contributed by atoms with E-state index < -0.39 is 17.7 Å². The first kappa shape index (κ1) is 13.6. The Morgan fingerprint density at radius 3 is 2.28 bits per heavy atom. The van der Waals surface area contributed by atoms with Crippen molar-refractivity contribution in [2.75, 3.05) is 0 Å². The summed E-state index contributed by atoms with van der Waals surface area (Å²) in [6.45, 7) is 0. The summed E-state index contributed by atoms with van der Waals surface area (Å²) in [7, 11) is 0. The first-order valence-electron chi connectivity index (χ1n) is 5.07. The third kappa shape index (κ3) is 2.63. The summed E-state index contributed by atoms with van der Waals surface area (Å²) in [5, 5.41) is 10.2. The predicted molar refractivity (Wildman–Crippen MR) is 72.3 cm³/mol. The second-order valence-electron chi connectivity index (χ2n) is 3.71. The van der Waals surface area contributed by atoms with Gasteiger partial charge in [0.1, 0.15) is 17.7 Å². The first-order chi connectivity index (χ1) is 8.50. The quantitative estimate of drug-likeness (QED) is 0.812. The summed E-state index contributed by atoms with van der Waals surface area (Å²) >= 11 is 6.22. The van der Waals surface area contributed by atoms with Gasteiger partial charge < -0.3 is 5.11 Å². The summed E-state index contributed by atoms with van der Waals surface area (Å²) in [6.07, 6.45) is -1.16. The van der Waals surface area contributed by atoms with Crippen molar-refractivity contribution < 1.29 is 13.9 Å². The fourth-order valence-electron chi connectivity index (χ4n) is 1.62. The standard InChI is InChI=1S/C13H8Br2F2O/c14-8-2-1-3-11(17)12(8)13(18)7-4-5-10(16)9(15)6-7/h1-6,13,18H. The van der Waals surface area contributed by atoms with Crippen LogP contribution in [0.5, 0.6) is 0 Å². The molecular weight excluding hydrogens is 370 g/mol. The van der Waals surface area contributed by atoms with Crippen molar-refractivity contribution >= 4 is 31.9 Å². The van der Waals surface area contributed by atoms with Crippen LogP contribution in [-0.4, -0.2) is 5.11 Å². The minimum atomic E-state index is -1.16. The van der Waals surface area contributed by atoms with E-state index in [4.69, 9.17) is 0 Å². The van der Waals surface area contributed by atoms with Crippen molar-refractivity contribution in [3.63, 3.8) is 0 Å². The van der Waals surface area contributed by atoms with Crippen molar-refractivity contribution in [2.45, 2.75) is 6.10 Å². The smallest absolute Gasteiger partial charge is 0.137 e. The van der Waals surface area contributed by atoms with Crippen LogP contribution in [0.2, 0.25) is 0 Å². The molecule has 0 heterocycles. The molecule has 0 aliphatic rings. The number of rotatable bonds is 2. The van der Waals surface area contributed by atoms with Gasteiger partial charge in [0.25, 0.3) is 0 Å². The molecule has 0 saturated heterocycles. The van der Waals surface area contributed by atoms with Gasteiger partial charge in [-0.25, -0.2) is 8.78 Å². The molecule has 0 aliphatic heterocycles. The number of halogens is 4. The van der Waals surface area contributed by atoms with Crippen molar-refractivity contribution in [1.29, 1.82) is 0 Å². The number of hydrogen-bond acceptors (Lipinski definition) is 1. The monoisotopic (exact) mass is 376 g/mol. The lowest BCUT2D eigenvalue weighted by Gasteiger charge is -2.14. The lowest BCUT2D eigenvalue weighted by Crippen LogP contribution is -2.04.